The van der Waals surface area contributed by atoms with E-state index in [2.05, 4.69) is 46.4 Å². The molecule has 5 nitrogen and oxygen atoms in total. The number of benzene rings is 1. The maximum absolute atomic E-state index is 11.6. The minimum Gasteiger partial charge on any atom is -0.490 e. The van der Waals surface area contributed by atoms with E-state index in [-0.39, 0.29) is 25.6 Å². The van der Waals surface area contributed by atoms with E-state index in [9.17, 15) is 9.59 Å². The largest absolute Gasteiger partial charge is 0.490 e. The van der Waals surface area contributed by atoms with Crippen molar-refractivity contribution in [3.63, 3.8) is 0 Å². The van der Waals surface area contributed by atoms with Crippen LogP contribution in [0.4, 0.5) is 0 Å². The second-order valence-electron chi connectivity index (χ2n) is 7.67. The van der Waals surface area contributed by atoms with Gasteiger partial charge in [-0.3, -0.25) is 4.79 Å². The minimum absolute atomic E-state index is 0.178. The summed E-state index contributed by atoms with van der Waals surface area (Å²) in [6, 6.07) is 8.15. The van der Waals surface area contributed by atoms with E-state index in [0.29, 0.717) is 36.4 Å². The molecular weight excluding hydrogens is 356 g/mol. The first-order valence-corrected chi connectivity index (χ1v) is 9.93. The summed E-state index contributed by atoms with van der Waals surface area (Å²) in [6.45, 7) is 14.7. The molecule has 0 aliphatic rings. The van der Waals surface area contributed by atoms with E-state index in [1.54, 1.807) is 6.92 Å². The van der Waals surface area contributed by atoms with Crippen LogP contribution in [0.5, 0.6) is 5.75 Å². The molecule has 0 unspecified atom stereocenters. The van der Waals surface area contributed by atoms with Crippen molar-refractivity contribution in [3.8, 4) is 5.75 Å². The van der Waals surface area contributed by atoms with E-state index in [1.807, 2.05) is 12.1 Å². The highest BCUT2D eigenvalue weighted by molar-refractivity contribution is 5.86. The highest BCUT2D eigenvalue weighted by Gasteiger charge is 2.19. The van der Waals surface area contributed by atoms with Crippen molar-refractivity contribution in [3.05, 3.63) is 42.0 Å². The molecule has 28 heavy (non-hydrogen) atoms. The Balaban J connectivity index is 2.26. The Morgan fingerprint density at radius 1 is 0.929 bits per heavy atom. The summed E-state index contributed by atoms with van der Waals surface area (Å²) in [4.78, 5) is 22.8. The third-order valence-electron chi connectivity index (χ3n) is 4.42. The van der Waals surface area contributed by atoms with Crippen molar-refractivity contribution in [2.24, 2.45) is 11.8 Å². The molecule has 156 valence electrons. The van der Waals surface area contributed by atoms with Gasteiger partial charge in [-0.1, -0.05) is 46.4 Å². The fourth-order valence-electron chi connectivity index (χ4n) is 3.22. The van der Waals surface area contributed by atoms with E-state index < -0.39 is 5.97 Å². The third-order valence-corrected chi connectivity index (χ3v) is 4.42. The molecule has 0 aliphatic heterocycles. The maximum atomic E-state index is 11.6. The first-order chi connectivity index (χ1) is 13.2. The van der Waals surface area contributed by atoms with Gasteiger partial charge in [0.05, 0.1) is 6.61 Å². The van der Waals surface area contributed by atoms with Crippen molar-refractivity contribution >= 4 is 11.9 Å². The zero-order chi connectivity index (χ0) is 21.1. The number of ether oxygens (including phenoxy) is 3. The lowest BCUT2D eigenvalue weighted by molar-refractivity contribution is -0.146. The Morgan fingerprint density at radius 2 is 1.54 bits per heavy atom. The van der Waals surface area contributed by atoms with Crippen LogP contribution in [0.15, 0.2) is 36.4 Å². The molecule has 0 atom stereocenters. The van der Waals surface area contributed by atoms with Crippen molar-refractivity contribution in [1.82, 2.24) is 0 Å². The van der Waals surface area contributed by atoms with E-state index >= 15 is 0 Å². The Labute approximate surface area is 169 Å². The number of rotatable bonds is 12. The summed E-state index contributed by atoms with van der Waals surface area (Å²) in [5.74, 6) is 1.66. The van der Waals surface area contributed by atoms with Gasteiger partial charge in [0.2, 0.25) is 0 Å². The molecule has 0 N–H and O–H groups in total. The Morgan fingerprint density at radius 3 is 2.07 bits per heavy atom. The van der Waals surface area contributed by atoms with Crippen LogP contribution in [0.25, 0.3) is 0 Å². The molecule has 0 amide bonds. The number of hydrogen-bond donors (Lipinski definition) is 0. The first-order valence-electron chi connectivity index (χ1n) is 9.93. The Bertz CT molecular complexity index is 623. The molecule has 0 fully saturated rings. The van der Waals surface area contributed by atoms with Crippen molar-refractivity contribution in [2.75, 3.05) is 19.8 Å². The SMILES string of the molecule is C=C(C)C(=O)OCCCC(=O)OCCOc1ccc(C(C(C)C)C(C)C)cc1. The summed E-state index contributed by atoms with van der Waals surface area (Å²) in [5.41, 5.74) is 1.66. The summed E-state index contributed by atoms with van der Waals surface area (Å²) in [5, 5.41) is 0. The fourth-order valence-corrected chi connectivity index (χ4v) is 3.22. The quantitative estimate of drug-likeness (QED) is 0.288. The predicted molar refractivity (Wildman–Crippen MR) is 110 cm³/mol. The van der Waals surface area contributed by atoms with Crippen LogP contribution in [-0.2, 0) is 19.1 Å². The smallest absolute Gasteiger partial charge is 0.333 e. The second kappa shape index (κ2) is 12.2. The monoisotopic (exact) mass is 390 g/mol. The van der Waals surface area contributed by atoms with Gasteiger partial charge in [-0.05, 0) is 48.8 Å². The van der Waals surface area contributed by atoms with Crippen molar-refractivity contribution in [2.45, 2.75) is 53.4 Å². The topological polar surface area (TPSA) is 61.8 Å². The van der Waals surface area contributed by atoms with Gasteiger partial charge in [0, 0.05) is 12.0 Å². The van der Waals surface area contributed by atoms with Crippen LogP contribution in [0.3, 0.4) is 0 Å². The lowest BCUT2D eigenvalue weighted by atomic mass is 9.80. The van der Waals surface area contributed by atoms with Crippen LogP contribution in [0.1, 0.15) is 58.9 Å². The fraction of sp³-hybridized carbons (Fsp3) is 0.565. The molecule has 0 bridgehead atoms. The summed E-state index contributed by atoms with van der Waals surface area (Å²) >= 11 is 0. The lowest BCUT2D eigenvalue weighted by Crippen LogP contribution is -2.14. The second-order valence-corrected chi connectivity index (χ2v) is 7.67. The standard InChI is InChI=1S/C23H34O5/c1-16(2)22(17(3)4)19-9-11-20(12-10-19)26-14-15-27-21(24)8-7-13-28-23(25)18(5)6/h9-12,16-17,22H,5,7-8,13-15H2,1-4,6H3. The van der Waals surface area contributed by atoms with Crippen LogP contribution in [-0.4, -0.2) is 31.8 Å². The molecule has 5 heteroatoms. The number of hydrogen-bond acceptors (Lipinski definition) is 5. The molecular formula is C23H34O5. The predicted octanol–water partition coefficient (Wildman–Crippen LogP) is 4.90. The Hall–Kier alpha value is -2.30. The van der Waals surface area contributed by atoms with Crippen LogP contribution < -0.4 is 4.74 Å². The normalized spacial score (nSPS) is 11.0. The van der Waals surface area contributed by atoms with Gasteiger partial charge >= 0.3 is 11.9 Å². The average Bonchev–Trinajstić information content (AvgIpc) is 2.62. The molecule has 1 aromatic rings. The zero-order valence-corrected chi connectivity index (χ0v) is 17.8. The summed E-state index contributed by atoms with van der Waals surface area (Å²) < 4.78 is 15.7. The highest BCUT2D eigenvalue weighted by Crippen LogP contribution is 2.32. The molecule has 0 saturated carbocycles. The molecule has 0 aromatic heterocycles. The zero-order valence-electron chi connectivity index (χ0n) is 17.8. The van der Waals surface area contributed by atoms with Gasteiger partial charge in [-0.2, -0.15) is 0 Å². The summed E-state index contributed by atoms with van der Waals surface area (Å²) in [6.07, 6.45) is 0.622. The van der Waals surface area contributed by atoms with Gasteiger partial charge in [0.25, 0.3) is 0 Å². The van der Waals surface area contributed by atoms with Crippen LogP contribution >= 0.6 is 0 Å². The van der Waals surface area contributed by atoms with Gasteiger partial charge in [-0.15, -0.1) is 0 Å². The molecule has 0 heterocycles. The molecule has 1 rings (SSSR count). The van der Waals surface area contributed by atoms with Crippen LogP contribution in [0, 0.1) is 11.8 Å². The van der Waals surface area contributed by atoms with Gasteiger partial charge < -0.3 is 14.2 Å². The first kappa shape index (κ1) is 23.7. The lowest BCUT2D eigenvalue weighted by Gasteiger charge is -2.25. The van der Waals surface area contributed by atoms with E-state index in [1.165, 1.54) is 5.56 Å². The maximum Gasteiger partial charge on any atom is 0.333 e. The van der Waals surface area contributed by atoms with Crippen LogP contribution in [0.2, 0.25) is 0 Å². The number of esters is 2. The van der Waals surface area contributed by atoms with E-state index in [0.717, 1.165) is 5.75 Å². The van der Waals surface area contributed by atoms with E-state index in [4.69, 9.17) is 14.2 Å². The molecule has 0 saturated heterocycles. The summed E-state index contributed by atoms with van der Waals surface area (Å²) in [7, 11) is 0. The Kier molecular flexibility index (Phi) is 10.4. The molecule has 0 spiro atoms. The third kappa shape index (κ3) is 8.59. The number of carbonyl (C=O) groups is 2. The van der Waals surface area contributed by atoms with Crippen molar-refractivity contribution in [1.29, 1.82) is 0 Å². The van der Waals surface area contributed by atoms with Crippen molar-refractivity contribution < 1.29 is 23.8 Å². The molecule has 1 aromatic carbocycles. The molecule has 0 aliphatic carbocycles. The van der Waals surface area contributed by atoms with Gasteiger partial charge in [0.1, 0.15) is 19.0 Å². The minimum atomic E-state index is -0.444. The van der Waals surface area contributed by atoms with Gasteiger partial charge in [-0.25, -0.2) is 4.79 Å². The van der Waals surface area contributed by atoms with Gasteiger partial charge in [0.15, 0.2) is 0 Å². The molecule has 0 radical (unpaired) electrons. The average molecular weight is 391 g/mol. The number of carbonyl (C=O) groups excluding carboxylic acids is 2. The highest BCUT2D eigenvalue weighted by atomic mass is 16.6.